The van der Waals surface area contributed by atoms with Gasteiger partial charge in [-0.05, 0) is 25.1 Å². The molecule has 6 nitrogen and oxygen atoms in total. The van der Waals surface area contributed by atoms with E-state index in [1.54, 1.807) is 36.2 Å². The molecule has 0 saturated heterocycles. The van der Waals surface area contributed by atoms with Crippen LogP contribution in [0.2, 0.25) is 0 Å². The minimum Gasteiger partial charge on any atom is -0.326 e. The Labute approximate surface area is 246 Å². The number of likely N-dealkylation sites (N-methyl/N-ethyl adjacent to an activating group) is 1. The summed E-state index contributed by atoms with van der Waals surface area (Å²) >= 11 is 0. The molecule has 0 atom stereocenters. The highest BCUT2D eigenvalue weighted by Gasteiger charge is 2.33. The highest BCUT2D eigenvalue weighted by molar-refractivity contribution is 7.90. The predicted molar refractivity (Wildman–Crippen MR) is 175 cm³/mol. The van der Waals surface area contributed by atoms with Crippen molar-refractivity contribution in [1.82, 2.24) is 0 Å². The van der Waals surface area contributed by atoms with Gasteiger partial charge in [0.1, 0.15) is 5.71 Å². The van der Waals surface area contributed by atoms with Crippen molar-refractivity contribution in [2.75, 3.05) is 11.9 Å². The first-order valence-electron chi connectivity index (χ1n) is 13.5. The number of rotatable bonds is 6. The Morgan fingerprint density at radius 1 is 0.619 bits per heavy atom. The second-order valence-corrected chi connectivity index (χ2v) is 14.6. The average Bonchev–Trinajstić information content (AvgIpc) is 3.29. The molecule has 42 heavy (non-hydrogen) atoms. The molecule has 0 saturated carbocycles. The number of fused-ring (bicyclic) bond motifs is 1. The minimum atomic E-state index is -4.02. The molecule has 6 rings (SSSR count). The normalized spacial score (nSPS) is 15.1. The first kappa shape index (κ1) is 27.6. The first-order valence-corrected chi connectivity index (χ1v) is 16.7. The highest BCUT2D eigenvalue weighted by atomic mass is 32.2. The zero-order chi connectivity index (χ0) is 29.2. The largest absolute Gasteiger partial charge is 0.326 e. The number of anilines is 1. The van der Waals surface area contributed by atoms with Crippen LogP contribution in [0.1, 0.15) is 11.1 Å². The Bertz CT molecular complexity index is 1850. The number of aryl methyl sites for hydroxylation is 1. The third-order valence-corrected chi connectivity index (χ3v) is 12.0. The van der Waals surface area contributed by atoms with E-state index in [0.29, 0.717) is 5.71 Å². The molecule has 0 aromatic heterocycles. The van der Waals surface area contributed by atoms with E-state index in [1.165, 1.54) is 0 Å². The predicted octanol–water partition coefficient (Wildman–Crippen LogP) is 6.11. The van der Waals surface area contributed by atoms with E-state index in [2.05, 4.69) is 40.8 Å². The summed E-state index contributed by atoms with van der Waals surface area (Å²) in [5.74, 6) is 0.229. The molecule has 0 spiro atoms. The van der Waals surface area contributed by atoms with Gasteiger partial charge in [0, 0.05) is 28.5 Å². The molecule has 0 amide bonds. The summed E-state index contributed by atoms with van der Waals surface area (Å²) in [6.45, 7) is 1.91. The fourth-order valence-electron chi connectivity index (χ4n) is 5.08. The highest BCUT2D eigenvalue weighted by Crippen LogP contribution is 2.47. The molecule has 1 heterocycles. The van der Waals surface area contributed by atoms with Crippen LogP contribution in [0.5, 0.6) is 0 Å². The maximum atomic E-state index is 13.5. The molecule has 0 unspecified atom stereocenters. The summed E-state index contributed by atoms with van der Waals surface area (Å²) < 4.78 is 31.4. The molecule has 0 fully saturated rings. The Hall–Kier alpha value is -4.58. The molecule has 1 aliphatic rings. The third-order valence-electron chi connectivity index (χ3n) is 7.24. The summed E-state index contributed by atoms with van der Waals surface area (Å²) in [5, 5.41) is 8.06. The van der Waals surface area contributed by atoms with Crippen molar-refractivity contribution in [3.05, 3.63) is 151 Å². The van der Waals surface area contributed by atoms with Gasteiger partial charge in [0.05, 0.1) is 17.6 Å². The van der Waals surface area contributed by atoms with Gasteiger partial charge in [-0.25, -0.2) is 0 Å². The third kappa shape index (κ3) is 5.02. The Kier molecular flexibility index (Phi) is 7.46. The monoisotopic (exact) mass is 588 g/mol. The van der Waals surface area contributed by atoms with Crippen molar-refractivity contribution in [2.24, 2.45) is 14.4 Å². The fraction of sp³-hybridized carbons (Fsp3) is 0.0588. The maximum Gasteiger partial charge on any atom is 0.284 e. The van der Waals surface area contributed by atoms with Gasteiger partial charge in [-0.1, -0.05) is 127 Å². The lowest BCUT2D eigenvalue weighted by atomic mass is 10.1. The summed E-state index contributed by atoms with van der Waals surface area (Å²) in [5.41, 5.74) is 2.97. The second kappa shape index (κ2) is 11.4. The Morgan fingerprint density at radius 2 is 1.10 bits per heavy atom. The van der Waals surface area contributed by atoms with Crippen molar-refractivity contribution >= 4 is 50.2 Å². The van der Waals surface area contributed by atoms with E-state index in [-0.39, 0.29) is 10.7 Å². The van der Waals surface area contributed by atoms with E-state index in [4.69, 9.17) is 9.96 Å². The summed E-state index contributed by atoms with van der Waals surface area (Å²) in [7, 11) is -4.88. The molecule has 1 aliphatic heterocycles. The van der Waals surface area contributed by atoms with Gasteiger partial charge in [0.25, 0.3) is 10.0 Å². The molecular formula is C34H29N4O2PS. The molecule has 0 radical (unpaired) electrons. The molecule has 208 valence electrons. The van der Waals surface area contributed by atoms with Crippen LogP contribution in [0.15, 0.2) is 159 Å². The molecule has 5 aromatic carbocycles. The van der Waals surface area contributed by atoms with Gasteiger partial charge in [-0.15, -0.1) is 9.50 Å². The van der Waals surface area contributed by atoms with Gasteiger partial charge >= 0.3 is 0 Å². The van der Waals surface area contributed by atoms with Crippen molar-refractivity contribution in [3.8, 4) is 0 Å². The Balaban J connectivity index is 1.65. The molecule has 8 heteroatoms. The van der Waals surface area contributed by atoms with Crippen LogP contribution < -0.4 is 20.8 Å². The van der Waals surface area contributed by atoms with Crippen LogP contribution in [0.3, 0.4) is 0 Å². The van der Waals surface area contributed by atoms with Crippen molar-refractivity contribution in [1.29, 1.82) is 0 Å². The van der Waals surface area contributed by atoms with Crippen LogP contribution in [0.4, 0.5) is 5.69 Å². The van der Waals surface area contributed by atoms with Crippen LogP contribution >= 0.6 is 7.05 Å². The topological polar surface area (TPSA) is 74.5 Å². The van der Waals surface area contributed by atoms with Crippen molar-refractivity contribution < 1.29 is 8.42 Å². The summed E-state index contributed by atoms with van der Waals surface area (Å²) in [6.07, 6.45) is 0. The van der Waals surface area contributed by atoms with Gasteiger partial charge in [-0.3, -0.25) is 0 Å². The van der Waals surface area contributed by atoms with Crippen molar-refractivity contribution in [2.45, 2.75) is 11.8 Å². The lowest BCUT2D eigenvalue weighted by Gasteiger charge is -2.25. The SMILES string of the molecule is Cc1ccc(S(=O)(=O)/N=C2\C(=N\N=P(c3ccccc3)(c3ccccc3)c3ccccc3)c3ccccc3N2C)cc1. The Morgan fingerprint density at radius 3 is 1.62 bits per heavy atom. The first-order chi connectivity index (χ1) is 20.4. The van der Waals surface area contributed by atoms with Crippen molar-refractivity contribution in [3.63, 3.8) is 0 Å². The minimum absolute atomic E-state index is 0.126. The number of para-hydroxylation sites is 1. The van der Waals surface area contributed by atoms with E-state index in [1.807, 2.05) is 85.8 Å². The molecule has 5 aromatic rings. The number of hydrogen-bond donors (Lipinski definition) is 0. The lowest BCUT2D eigenvalue weighted by Crippen LogP contribution is -2.28. The average molecular weight is 589 g/mol. The number of amidine groups is 1. The lowest BCUT2D eigenvalue weighted by molar-refractivity contribution is 0.598. The van der Waals surface area contributed by atoms with Crippen LogP contribution in [0.25, 0.3) is 0 Å². The van der Waals surface area contributed by atoms with Gasteiger partial charge < -0.3 is 4.90 Å². The smallest absolute Gasteiger partial charge is 0.284 e. The van der Waals surface area contributed by atoms with Gasteiger partial charge in [-0.2, -0.15) is 13.3 Å². The number of nitrogens with zero attached hydrogens (tertiary/aromatic N) is 4. The fourth-order valence-corrected chi connectivity index (χ4v) is 9.35. The zero-order valence-electron chi connectivity index (χ0n) is 23.2. The number of sulfonamides is 1. The van der Waals surface area contributed by atoms with Crippen LogP contribution in [-0.4, -0.2) is 27.0 Å². The van der Waals surface area contributed by atoms with E-state index in [0.717, 1.165) is 32.7 Å². The van der Waals surface area contributed by atoms with E-state index < -0.39 is 17.1 Å². The van der Waals surface area contributed by atoms with E-state index >= 15 is 0 Å². The van der Waals surface area contributed by atoms with E-state index in [9.17, 15) is 8.42 Å². The number of hydrogen-bond acceptors (Lipinski definition) is 3. The molecule has 0 N–H and O–H groups in total. The molecular weight excluding hydrogens is 559 g/mol. The summed E-state index contributed by atoms with van der Waals surface area (Å²) in [4.78, 5) is 7.14. The summed E-state index contributed by atoms with van der Waals surface area (Å²) in [6, 6.07) is 44.9. The quantitative estimate of drug-likeness (QED) is 0.177. The zero-order valence-corrected chi connectivity index (χ0v) is 25.0. The molecule has 0 bridgehead atoms. The maximum absolute atomic E-state index is 13.5. The standard InChI is InChI=1S/C34H29N4O2PS/c1-26-22-24-30(25-23-26)42(39,40)36-34-33(31-20-12-13-21-32(31)38(34)2)35-37-41(27-14-6-3-7-15-27,28-16-8-4-9-17-28)29-18-10-5-11-19-29/h3-25H,1-2H3/b35-33+,36-34+. The van der Waals surface area contributed by atoms with Gasteiger partial charge in [0.2, 0.25) is 0 Å². The van der Waals surface area contributed by atoms with Gasteiger partial charge in [0.15, 0.2) is 5.84 Å². The number of benzene rings is 5. The van der Waals surface area contributed by atoms with Crippen LogP contribution in [0, 0.1) is 6.92 Å². The molecule has 0 aliphatic carbocycles. The van der Waals surface area contributed by atoms with Crippen LogP contribution in [-0.2, 0) is 10.0 Å². The second-order valence-electron chi connectivity index (χ2n) is 9.96.